The lowest BCUT2D eigenvalue weighted by atomic mass is 9.42. The zero-order valence-electron chi connectivity index (χ0n) is 19.7. The molecule has 5 rings (SSSR count). The Morgan fingerprint density at radius 2 is 1.76 bits per heavy atom. The first-order valence-corrected chi connectivity index (χ1v) is 12.3. The number of aliphatic hydroxyl groups is 1. The van der Waals surface area contributed by atoms with Crippen LogP contribution >= 0.6 is 0 Å². The van der Waals surface area contributed by atoms with Crippen LogP contribution in [0.5, 0.6) is 0 Å². The van der Waals surface area contributed by atoms with E-state index in [4.69, 9.17) is 14.2 Å². The van der Waals surface area contributed by atoms with Gasteiger partial charge in [0.05, 0.1) is 5.60 Å². The zero-order chi connectivity index (χ0) is 23.8. The summed E-state index contributed by atoms with van der Waals surface area (Å²) >= 11 is 0. The van der Waals surface area contributed by atoms with Gasteiger partial charge in [0.25, 0.3) is 0 Å². The van der Waals surface area contributed by atoms with Crippen LogP contribution in [0, 0.1) is 28.6 Å². The van der Waals surface area contributed by atoms with Gasteiger partial charge in [-0.05, 0) is 56.8 Å². The van der Waals surface area contributed by atoms with Crippen LogP contribution in [0.15, 0.2) is 0 Å². The van der Waals surface area contributed by atoms with Gasteiger partial charge in [0, 0.05) is 38.0 Å². The van der Waals surface area contributed by atoms with E-state index in [9.17, 15) is 24.3 Å². The lowest BCUT2D eigenvalue weighted by Crippen LogP contribution is -2.67. The molecule has 0 aromatic heterocycles. The Balaban J connectivity index is 1.45. The second-order valence-electron chi connectivity index (χ2n) is 11.3. The van der Waals surface area contributed by atoms with Crippen molar-refractivity contribution in [3.63, 3.8) is 0 Å². The van der Waals surface area contributed by atoms with Crippen LogP contribution < -0.4 is 0 Å². The van der Waals surface area contributed by atoms with E-state index in [-0.39, 0.29) is 60.0 Å². The van der Waals surface area contributed by atoms with Crippen molar-refractivity contribution in [2.45, 2.75) is 95.9 Å². The van der Waals surface area contributed by atoms with Gasteiger partial charge >= 0.3 is 17.9 Å². The molecule has 5 aliphatic rings. The summed E-state index contributed by atoms with van der Waals surface area (Å²) in [6.07, 6.45) is 4.78. The summed E-state index contributed by atoms with van der Waals surface area (Å²) in [6.45, 7) is 4.59. The molecule has 33 heavy (non-hydrogen) atoms. The van der Waals surface area contributed by atoms with Crippen molar-refractivity contribution in [2.75, 3.05) is 6.61 Å². The molecular weight excluding hydrogens is 428 g/mol. The molecule has 0 aromatic rings. The fourth-order valence-corrected chi connectivity index (χ4v) is 8.88. The van der Waals surface area contributed by atoms with Crippen LogP contribution in [0.2, 0.25) is 0 Å². The van der Waals surface area contributed by atoms with Gasteiger partial charge < -0.3 is 19.3 Å². The molecule has 4 saturated carbocycles. The Morgan fingerprint density at radius 1 is 1.00 bits per heavy atom. The Bertz CT molecular complexity index is 914. The van der Waals surface area contributed by atoms with Crippen molar-refractivity contribution >= 4 is 23.7 Å². The van der Waals surface area contributed by atoms with Gasteiger partial charge in [0.15, 0.2) is 5.78 Å². The molecule has 2 bridgehead atoms. The van der Waals surface area contributed by atoms with E-state index < -0.39 is 22.6 Å². The van der Waals surface area contributed by atoms with Gasteiger partial charge in [-0.15, -0.1) is 0 Å². The molecule has 1 spiro atoms. The Morgan fingerprint density at radius 3 is 2.45 bits per heavy atom. The normalized spacial score (nSPS) is 47.6. The van der Waals surface area contributed by atoms with Crippen molar-refractivity contribution in [1.29, 1.82) is 0 Å². The molecule has 1 heterocycles. The second kappa shape index (κ2) is 7.27. The predicted molar refractivity (Wildman–Crippen MR) is 114 cm³/mol. The fourth-order valence-electron chi connectivity index (χ4n) is 8.88. The Hall–Kier alpha value is -1.96. The first kappa shape index (κ1) is 22.8. The molecule has 0 amide bonds. The number of Topliss-reactive ketones (excluding diaryl/α,β-unsaturated/α-hetero) is 1. The van der Waals surface area contributed by atoms with Gasteiger partial charge in [-0.1, -0.05) is 6.92 Å². The molecule has 8 heteroatoms. The topological polar surface area (TPSA) is 116 Å². The van der Waals surface area contributed by atoms with E-state index >= 15 is 0 Å². The van der Waals surface area contributed by atoms with E-state index in [1.165, 1.54) is 13.8 Å². The van der Waals surface area contributed by atoms with Gasteiger partial charge in [-0.25, -0.2) is 0 Å². The Labute approximate surface area is 193 Å². The lowest BCUT2D eigenvalue weighted by molar-refractivity contribution is -0.218. The maximum Gasteiger partial charge on any atom is 0.316 e. The molecular formula is C25H34O8. The highest BCUT2D eigenvalue weighted by atomic mass is 16.6. The number of ether oxygens (including phenoxy) is 3. The van der Waals surface area contributed by atoms with Gasteiger partial charge in [0.1, 0.15) is 23.7 Å². The van der Waals surface area contributed by atoms with Gasteiger partial charge in [-0.3, -0.25) is 19.2 Å². The number of esters is 3. The highest BCUT2D eigenvalue weighted by molar-refractivity contribution is 5.86. The molecule has 5 fully saturated rings. The molecule has 0 radical (unpaired) electrons. The minimum atomic E-state index is -1.25. The van der Waals surface area contributed by atoms with Crippen molar-refractivity contribution < 1.29 is 38.5 Å². The minimum Gasteiger partial charge on any atom is -0.462 e. The molecule has 0 aromatic carbocycles. The molecule has 1 saturated heterocycles. The average molecular weight is 463 g/mol. The van der Waals surface area contributed by atoms with Crippen LogP contribution in [0.25, 0.3) is 0 Å². The number of ketones is 1. The van der Waals surface area contributed by atoms with E-state index in [2.05, 4.69) is 6.92 Å². The van der Waals surface area contributed by atoms with Crippen molar-refractivity contribution in [3.8, 4) is 0 Å². The molecule has 8 atom stereocenters. The summed E-state index contributed by atoms with van der Waals surface area (Å²) in [4.78, 5) is 49.3. The standard InChI is InChI=1S/C25H34O8/c1-14(26)31-13-18(28)17-4-5-19-22(17,3)8-7-20-24-9-6-16(32-15(2)27)12-23(24,30)10-11-25(19,20)33-21(24)29/h16-17,19-20,30H,4-13H2,1-3H3/t16?,17-,19?,20?,22?,23?,24?,25?/m0/s1. The Kier molecular flexibility index (Phi) is 5.02. The zero-order valence-corrected chi connectivity index (χ0v) is 19.7. The summed E-state index contributed by atoms with van der Waals surface area (Å²) < 4.78 is 16.7. The number of carbonyl (C=O) groups is 4. The lowest BCUT2D eigenvalue weighted by Gasteiger charge is -2.61. The van der Waals surface area contributed by atoms with E-state index in [1.807, 2.05) is 0 Å². The monoisotopic (exact) mass is 462 g/mol. The van der Waals surface area contributed by atoms with Crippen molar-refractivity contribution in [2.24, 2.45) is 28.6 Å². The third-order valence-electron chi connectivity index (χ3n) is 10.1. The molecule has 7 unspecified atom stereocenters. The van der Waals surface area contributed by atoms with Crippen LogP contribution in [0.3, 0.4) is 0 Å². The highest BCUT2D eigenvalue weighted by Gasteiger charge is 2.80. The van der Waals surface area contributed by atoms with Gasteiger partial charge in [0.2, 0.25) is 0 Å². The van der Waals surface area contributed by atoms with Crippen molar-refractivity contribution in [3.05, 3.63) is 0 Å². The van der Waals surface area contributed by atoms with Crippen LogP contribution in [-0.2, 0) is 33.4 Å². The second-order valence-corrected chi connectivity index (χ2v) is 11.3. The highest BCUT2D eigenvalue weighted by Crippen LogP contribution is 2.74. The van der Waals surface area contributed by atoms with Crippen LogP contribution in [0.1, 0.15) is 78.6 Å². The number of rotatable bonds is 4. The summed E-state index contributed by atoms with van der Waals surface area (Å²) in [5, 5.41) is 11.8. The molecule has 182 valence electrons. The fraction of sp³-hybridized carbons (Fsp3) is 0.840. The SMILES string of the molecule is CC(=O)OCC(=O)[C@@H]1CCC2C34CCC5(O)CC(OC(C)=O)CCC5(C(=O)O3)C4CCC21C. The largest absolute Gasteiger partial charge is 0.462 e. The number of fused-ring (bicyclic) bond motifs is 1. The number of carbonyl (C=O) groups excluding carboxylic acids is 4. The van der Waals surface area contributed by atoms with Crippen LogP contribution in [0.4, 0.5) is 0 Å². The summed E-state index contributed by atoms with van der Waals surface area (Å²) in [5.74, 6) is -1.50. The number of hydrogen-bond donors (Lipinski definition) is 1. The van der Waals surface area contributed by atoms with E-state index in [0.717, 1.165) is 12.8 Å². The average Bonchev–Trinajstić information content (AvgIpc) is 3.18. The van der Waals surface area contributed by atoms with E-state index in [1.54, 1.807) is 0 Å². The summed E-state index contributed by atoms with van der Waals surface area (Å²) in [6, 6.07) is 0. The van der Waals surface area contributed by atoms with E-state index in [0.29, 0.717) is 38.5 Å². The molecule has 8 nitrogen and oxygen atoms in total. The van der Waals surface area contributed by atoms with Gasteiger partial charge in [-0.2, -0.15) is 0 Å². The first-order chi connectivity index (χ1) is 15.5. The molecule has 1 N–H and O–H groups in total. The van der Waals surface area contributed by atoms with Crippen LogP contribution in [-0.4, -0.2) is 52.7 Å². The summed E-state index contributed by atoms with van der Waals surface area (Å²) in [7, 11) is 0. The quantitative estimate of drug-likeness (QED) is 0.500. The third-order valence-corrected chi connectivity index (χ3v) is 10.1. The molecule has 1 aliphatic heterocycles. The molecule has 4 aliphatic carbocycles. The predicted octanol–water partition coefficient (Wildman–Crippen LogP) is 2.48. The summed E-state index contributed by atoms with van der Waals surface area (Å²) in [5.41, 5.74) is -3.21. The third kappa shape index (κ3) is 2.91. The smallest absolute Gasteiger partial charge is 0.316 e. The number of hydrogen-bond acceptors (Lipinski definition) is 8. The minimum absolute atomic E-state index is 0.0362. The maximum atomic E-state index is 13.6. The first-order valence-electron chi connectivity index (χ1n) is 12.3. The maximum absolute atomic E-state index is 13.6. The van der Waals surface area contributed by atoms with Crippen molar-refractivity contribution in [1.82, 2.24) is 0 Å².